The van der Waals surface area contributed by atoms with Gasteiger partial charge in [0, 0.05) is 38.9 Å². The molecule has 0 aliphatic heterocycles. The van der Waals surface area contributed by atoms with E-state index in [0.717, 1.165) is 12.8 Å². The van der Waals surface area contributed by atoms with Crippen LogP contribution >= 0.6 is 0 Å². The summed E-state index contributed by atoms with van der Waals surface area (Å²) in [7, 11) is 0. The Balaban J connectivity index is 1.38. The Kier molecular flexibility index (Phi) is 7.76. The number of hydrogen-bond donors (Lipinski definition) is 0. The van der Waals surface area contributed by atoms with Gasteiger partial charge >= 0.3 is 0 Å². The smallest absolute Gasteiger partial charge is 0.0543 e. The fraction of sp³-hybridized carbons (Fsp3) is 0.216. The van der Waals surface area contributed by atoms with E-state index in [9.17, 15) is 0 Å². The van der Waals surface area contributed by atoms with E-state index in [4.69, 9.17) is 0 Å². The molecule has 8 aromatic carbocycles. The summed E-state index contributed by atoms with van der Waals surface area (Å²) in [6.07, 6.45) is 8.65. The molecule has 260 valence electrons. The van der Waals surface area contributed by atoms with E-state index < -0.39 is 0 Å². The van der Waals surface area contributed by atoms with Crippen molar-refractivity contribution in [3.8, 4) is 0 Å². The molecule has 2 nitrogen and oxygen atoms in total. The first-order valence-electron chi connectivity index (χ1n) is 19.7. The highest BCUT2D eigenvalue weighted by Gasteiger charge is 2.34. The zero-order valence-corrected chi connectivity index (χ0v) is 30.9. The molecule has 0 unspecified atom stereocenters. The molecular weight excluding hydrogens is 641 g/mol. The lowest BCUT2D eigenvalue weighted by Gasteiger charge is -2.37. The normalized spacial score (nSPS) is 15.7. The molecule has 0 radical (unpaired) electrons. The molecule has 53 heavy (non-hydrogen) atoms. The van der Waals surface area contributed by atoms with Crippen LogP contribution in [0, 0.1) is 0 Å². The first kappa shape index (κ1) is 32.1. The number of benzene rings is 8. The van der Waals surface area contributed by atoms with Crippen molar-refractivity contribution >= 4 is 66.4 Å². The summed E-state index contributed by atoms with van der Waals surface area (Å²) in [5.74, 6) is 0.549. The third kappa shape index (κ3) is 5.30. The molecule has 0 spiro atoms. The van der Waals surface area contributed by atoms with Gasteiger partial charge in [0.1, 0.15) is 0 Å². The minimum atomic E-state index is 0.0451. The topological polar surface area (TPSA) is 6.48 Å². The first-order chi connectivity index (χ1) is 26.1. The summed E-state index contributed by atoms with van der Waals surface area (Å²) in [6, 6.07) is 56.6. The maximum Gasteiger partial charge on any atom is 0.0543 e. The quantitative estimate of drug-likeness (QED) is 0.154. The highest BCUT2D eigenvalue weighted by molar-refractivity contribution is 6.30. The van der Waals surface area contributed by atoms with E-state index in [1.54, 1.807) is 0 Å². The number of hydrogen-bond acceptors (Lipinski definition) is 2. The lowest BCUT2D eigenvalue weighted by molar-refractivity contribution is 0.445. The Morgan fingerprint density at radius 2 is 0.962 bits per heavy atom. The van der Waals surface area contributed by atoms with Crippen molar-refractivity contribution < 1.29 is 0 Å². The van der Waals surface area contributed by atoms with Crippen molar-refractivity contribution in [3.63, 3.8) is 0 Å². The SMILES string of the molecule is CC1(C)CCc2cc(N(c3ccccc3)c3ccccc3)c3ccc4c(C5CCCCC5)cc(N(c5ccccc5)c5ccccc5)c5cc1c2c3c45. The number of aryl methyl sites for hydroxylation is 1. The number of rotatable bonds is 7. The summed E-state index contributed by atoms with van der Waals surface area (Å²) in [4.78, 5) is 5.02. The van der Waals surface area contributed by atoms with Crippen molar-refractivity contribution in [2.45, 2.75) is 70.1 Å². The van der Waals surface area contributed by atoms with Crippen molar-refractivity contribution in [2.75, 3.05) is 9.80 Å². The van der Waals surface area contributed by atoms with Crippen molar-refractivity contribution in [3.05, 3.63) is 168 Å². The zero-order valence-electron chi connectivity index (χ0n) is 30.9. The largest absolute Gasteiger partial charge is 0.310 e. The van der Waals surface area contributed by atoms with Crippen LogP contribution in [0.3, 0.4) is 0 Å². The van der Waals surface area contributed by atoms with Gasteiger partial charge in [0.05, 0.1) is 11.4 Å². The van der Waals surface area contributed by atoms with Gasteiger partial charge in [-0.2, -0.15) is 0 Å². The average Bonchev–Trinajstić information content (AvgIpc) is 3.21. The maximum atomic E-state index is 2.61. The van der Waals surface area contributed by atoms with E-state index in [-0.39, 0.29) is 5.41 Å². The molecule has 0 saturated heterocycles. The Morgan fingerprint density at radius 3 is 1.49 bits per heavy atom. The van der Waals surface area contributed by atoms with Crippen molar-refractivity contribution in [1.82, 2.24) is 0 Å². The van der Waals surface area contributed by atoms with Crippen LogP contribution in [-0.4, -0.2) is 0 Å². The van der Waals surface area contributed by atoms with Crippen LogP contribution in [0.5, 0.6) is 0 Å². The van der Waals surface area contributed by atoms with Gasteiger partial charge in [-0.15, -0.1) is 0 Å². The van der Waals surface area contributed by atoms with Crippen LogP contribution < -0.4 is 9.80 Å². The molecule has 1 saturated carbocycles. The van der Waals surface area contributed by atoms with Crippen LogP contribution in [0.1, 0.15) is 75.0 Å². The molecule has 1 fully saturated rings. The molecular formula is C51H46N2. The minimum Gasteiger partial charge on any atom is -0.310 e. The van der Waals surface area contributed by atoms with E-state index in [1.807, 2.05) is 0 Å². The number of para-hydroxylation sites is 4. The summed E-state index contributed by atoms with van der Waals surface area (Å²) in [5.41, 5.74) is 11.8. The zero-order chi connectivity index (χ0) is 35.5. The van der Waals surface area contributed by atoms with E-state index in [0.29, 0.717) is 5.92 Å². The Labute approximate surface area is 313 Å². The molecule has 2 heteroatoms. The summed E-state index contributed by atoms with van der Waals surface area (Å²) < 4.78 is 0. The van der Waals surface area contributed by atoms with Crippen molar-refractivity contribution in [2.24, 2.45) is 0 Å². The van der Waals surface area contributed by atoms with Gasteiger partial charge < -0.3 is 9.80 Å². The van der Waals surface area contributed by atoms with Gasteiger partial charge in [0.2, 0.25) is 0 Å². The second-order valence-electron chi connectivity index (χ2n) is 16.0. The van der Waals surface area contributed by atoms with Crippen LogP contribution in [0.15, 0.2) is 152 Å². The second kappa shape index (κ2) is 12.8. The minimum absolute atomic E-state index is 0.0451. The average molecular weight is 687 g/mol. The highest BCUT2D eigenvalue weighted by atomic mass is 15.1. The third-order valence-corrected chi connectivity index (χ3v) is 12.4. The number of anilines is 6. The monoisotopic (exact) mass is 686 g/mol. The van der Waals surface area contributed by atoms with Gasteiger partial charge in [-0.25, -0.2) is 0 Å². The standard InChI is InChI=1S/C51H46N2/c1-51(2)31-30-36-32-46(52(37-20-10-4-11-21-37)38-22-12-5-13-23-38)42-29-28-41-43(35-18-8-3-9-19-35)34-47(44-33-45(51)48(36)50(42)49(41)44)53(39-24-14-6-15-25-39)40-26-16-7-17-27-40/h4-7,10-17,20-29,32-35H,3,8-9,18-19,30-31H2,1-2H3. The lowest BCUT2D eigenvalue weighted by Crippen LogP contribution is -2.24. The number of nitrogens with zero attached hydrogens (tertiary/aromatic N) is 2. The molecule has 0 amide bonds. The summed E-state index contributed by atoms with van der Waals surface area (Å²) in [5, 5.41) is 8.46. The van der Waals surface area contributed by atoms with E-state index in [2.05, 4.69) is 175 Å². The predicted octanol–water partition coefficient (Wildman–Crippen LogP) is 14.8. The highest BCUT2D eigenvalue weighted by Crippen LogP contribution is 2.55. The molecule has 10 rings (SSSR count). The van der Waals surface area contributed by atoms with Gasteiger partial charge in [-0.3, -0.25) is 0 Å². The van der Waals surface area contributed by atoms with Crippen molar-refractivity contribution in [1.29, 1.82) is 0 Å². The first-order valence-corrected chi connectivity index (χ1v) is 19.7. The molecule has 2 aliphatic rings. The summed E-state index contributed by atoms with van der Waals surface area (Å²) >= 11 is 0. The lowest BCUT2D eigenvalue weighted by atomic mass is 9.69. The Bertz CT molecular complexity index is 2470. The van der Waals surface area contributed by atoms with Crippen LogP contribution in [0.25, 0.3) is 32.3 Å². The maximum absolute atomic E-state index is 2.61. The van der Waals surface area contributed by atoms with Gasteiger partial charge in [-0.1, -0.05) is 118 Å². The van der Waals surface area contributed by atoms with Gasteiger partial charge in [0.15, 0.2) is 0 Å². The molecule has 0 heterocycles. The van der Waals surface area contributed by atoms with Crippen LogP contribution in [0.4, 0.5) is 34.1 Å². The fourth-order valence-electron chi connectivity index (χ4n) is 9.77. The van der Waals surface area contributed by atoms with Gasteiger partial charge in [0.25, 0.3) is 0 Å². The van der Waals surface area contributed by atoms with E-state index >= 15 is 0 Å². The molecule has 8 aromatic rings. The van der Waals surface area contributed by atoms with Gasteiger partial charge in [-0.05, 0) is 137 Å². The third-order valence-electron chi connectivity index (χ3n) is 12.4. The van der Waals surface area contributed by atoms with Crippen LogP contribution in [0.2, 0.25) is 0 Å². The summed E-state index contributed by atoms with van der Waals surface area (Å²) in [6.45, 7) is 4.93. The molecule has 0 aromatic heterocycles. The predicted molar refractivity (Wildman–Crippen MR) is 227 cm³/mol. The second-order valence-corrected chi connectivity index (χ2v) is 16.0. The van der Waals surface area contributed by atoms with Crippen LogP contribution in [-0.2, 0) is 11.8 Å². The Morgan fingerprint density at radius 1 is 0.472 bits per heavy atom. The van der Waals surface area contributed by atoms with E-state index in [1.165, 1.54) is 115 Å². The molecule has 0 atom stereocenters. The molecule has 0 bridgehead atoms. The Hall–Kier alpha value is -5.60. The molecule has 2 aliphatic carbocycles. The molecule has 0 N–H and O–H groups in total. The fourth-order valence-corrected chi connectivity index (χ4v) is 9.77.